The Morgan fingerprint density at radius 1 is 1.50 bits per heavy atom. The molecule has 1 rings (SSSR count). The second kappa shape index (κ2) is 6.17. The molecule has 0 saturated carbocycles. The fraction of sp³-hybridized carbons (Fsp3) is 0.750. The number of nitrogens with zero attached hydrogens (tertiary/aromatic N) is 2. The summed E-state index contributed by atoms with van der Waals surface area (Å²) in [4.78, 5) is 0. The van der Waals surface area contributed by atoms with Crippen molar-refractivity contribution in [1.82, 2.24) is 15.2 Å². The standard InChI is InChI=1S/C12H24N4O2/c1-6-12(3,18-5)11(15-13)10-9(17-4)8-14-16(10)7-2/h8,11,15H,6-7,13H2,1-5H3. The van der Waals surface area contributed by atoms with Crippen LogP contribution >= 0.6 is 0 Å². The van der Waals surface area contributed by atoms with Crippen LogP contribution in [0.25, 0.3) is 0 Å². The molecule has 0 fully saturated rings. The fourth-order valence-corrected chi connectivity index (χ4v) is 2.09. The molecule has 0 spiro atoms. The van der Waals surface area contributed by atoms with Crippen LogP contribution in [0, 0.1) is 0 Å². The zero-order valence-corrected chi connectivity index (χ0v) is 11.9. The van der Waals surface area contributed by atoms with Gasteiger partial charge >= 0.3 is 0 Å². The molecule has 3 N–H and O–H groups in total. The van der Waals surface area contributed by atoms with Crippen molar-refractivity contribution in [2.45, 2.75) is 45.4 Å². The van der Waals surface area contributed by atoms with E-state index in [0.717, 1.165) is 24.4 Å². The molecule has 0 radical (unpaired) electrons. The van der Waals surface area contributed by atoms with Gasteiger partial charge in [0.25, 0.3) is 0 Å². The normalized spacial score (nSPS) is 16.3. The summed E-state index contributed by atoms with van der Waals surface area (Å²) in [7, 11) is 3.32. The van der Waals surface area contributed by atoms with E-state index in [9.17, 15) is 0 Å². The molecule has 1 aromatic rings. The van der Waals surface area contributed by atoms with Crippen molar-refractivity contribution in [2.24, 2.45) is 5.84 Å². The van der Waals surface area contributed by atoms with Gasteiger partial charge in [-0.15, -0.1) is 0 Å². The Morgan fingerprint density at radius 2 is 2.17 bits per heavy atom. The zero-order valence-electron chi connectivity index (χ0n) is 11.9. The minimum Gasteiger partial charge on any atom is -0.493 e. The molecule has 0 aromatic carbocycles. The molecular weight excluding hydrogens is 232 g/mol. The highest BCUT2D eigenvalue weighted by molar-refractivity contribution is 5.30. The fourth-order valence-electron chi connectivity index (χ4n) is 2.09. The summed E-state index contributed by atoms with van der Waals surface area (Å²) in [6.45, 7) is 6.86. The van der Waals surface area contributed by atoms with Crippen LogP contribution in [0.4, 0.5) is 0 Å². The molecule has 2 unspecified atom stereocenters. The predicted octanol–water partition coefficient (Wildman–Crippen LogP) is 1.23. The largest absolute Gasteiger partial charge is 0.493 e. The van der Waals surface area contributed by atoms with E-state index in [4.69, 9.17) is 15.3 Å². The van der Waals surface area contributed by atoms with Gasteiger partial charge in [0.15, 0.2) is 5.75 Å². The third-order valence-corrected chi connectivity index (χ3v) is 3.58. The summed E-state index contributed by atoms with van der Waals surface area (Å²) >= 11 is 0. The lowest BCUT2D eigenvalue weighted by Gasteiger charge is -2.35. The van der Waals surface area contributed by atoms with Crippen LogP contribution in [0.2, 0.25) is 0 Å². The number of ether oxygens (including phenoxy) is 2. The minimum absolute atomic E-state index is 0.190. The Hall–Kier alpha value is -1.11. The van der Waals surface area contributed by atoms with E-state index < -0.39 is 5.60 Å². The van der Waals surface area contributed by atoms with Gasteiger partial charge in [0, 0.05) is 13.7 Å². The maximum Gasteiger partial charge on any atom is 0.161 e. The number of aryl methyl sites for hydroxylation is 1. The highest BCUT2D eigenvalue weighted by atomic mass is 16.5. The second-order valence-electron chi connectivity index (χ2n) is 4.38. The third-order valence-electron chi connectivity index (χ3n) is 3.58. The number of hydrogen-bond donors (Lipinski definition) is 2. The van der Waals surface area contributed by atoms with Crippen molar-refractivity contribution in [2.75, 3.05) is 14.2 Å². The summed E-state index contributed by atoms with van der Waals surface area (Å²) in [5.41, 5.74) is 3.32. The van der Waals surface area contributed by atoms with Gasteiger partial charge in [-0.1, -0.05) is 6.92 Å². The van der Waals surface area contributed by atoms with Gasteiger partial charge in [-0.25, -0.2) is 5.43 Å². The predicted molar refractivity (Wildman–Crippen MR) is 70.2 cm³/mol. The van der Waals surface area contributed by atoms with Crippen molar-refractivity contribution < 1.29 is 9.47 Å². The number of aromatic nitrogens is 2. The lowest BCUT2D eigenvalue weighted by molar-refractivity contribution is -0.0328. The Balaban J connectivity index is 3.26. The van der Waals surface area contributed by atoms with Gasteiger partial charge < -0.3 is 9.47 Å². The van der Waals surface area contributed by atoms with E-state index in [-0.39, 0.29) is 6.04 Å². The topological polar surface area (TPSA) is 74.3 Å². The van der Waals surface area contributed by atoms with Crippen LogP contribution in [0.3, 0.4) is 0 Å². The Morgan fingerprint density at radius 3 is 2.56 bits per heavy atom. The van der Waals surface area contributed by atoms with Crippen molar-refractivity contribution >= 4 is 0 Å². The molecule has 6 heteroatoms. The first kappa shape index (κ1) is 14.9. The average Bonchev–Trinajstić information content (AvgIpc) is 2.82. The summed E-state index contributed by atoms with van der Waals surface area (Å²) in [5.74, 6) is 6.44. The lowest BCUT2D eigenvalue weighted by atomic mass is 9.90. The van der Waals surface area contributed by atoms with Gasteiger partial charge in [-0.3, -0.25) is 10.5 Å². The zero-order chi connectivity index (χ0) is 13.8. The molecule has 0 aliphatic rings. The molecule has 104 valence electrons. The van der Waals surface area contributed by atoms with E-state index in [2.05, 4.69) is 17.4 Å². The van der Waals surface area contributed by atoms with Crippen molar-refractivity contribution in [3.05, 3.63) is 11.9 Å². The average molecular weight is 256 g/mol. The summed E-state index contributed by atoms with van der Waals surface area (Å²) < 4.78 is 12.9. The highest BCUT2D eigenvalue weighted by Crippen LogP contribution is 2.35. The minimum atomic E-state index is -0.422. The van der Waals surface area contributed by atoms with E-state index in [0.29, 0.717) is 0 Å². The van der Waals surface area contributed by atoms with Gasteiger partial charge in [0.05, 0.1) is 24.9 Å². The van der Waals surface area contributed by atoms with Crippen molar-refractivity contribution in [1.29, 1.82) is 0 Å². The van der Waals surface area contributed by atoms with Crippen LogP contribution in [0.1, 0.15) is 38.9 Å². The van der Waals surface area contributed by atoms with E-state index >= 15 is 0 Å². The summed E-state index contributed by atoms with van der Waals surface area (Å²) in [6.07, 6.45) is 2.52. The number of nitrogens with one attached hydrogen (secondary N) is 1. The van der Waals surface area contributed by atoms with Gasteiger partial charge in [-0.2, -0.15) is 5.10 Å². The first-order valence-corrected chi connectivity index (χ1v) is 6.18. The van der Waals surface area contributed by atoms with Gasteiger partial charge in [0.1, 0.15) is 5.69 Å². The number of hydrogen-bond acceptors (Lipinski definition) is 5. The Labute approximate surface area is 108 Å². The third kappa shape index (κ3) is 2.50. The van der Waals surface area contributed by atoms with Crippen LogP contribution in [-0.2, 0) is 11.3 Å². The molecule has 0 bridgehead atoms. The number of hydrazine groups is 1. The van der Waals surface area contributed by atoms with Gasteiger partial charge in [-0.05, 0) is 20.3 Å². The molecule has 18 heavy (non-hydrogen) atoms. The number of nitrogens with two attached hydrogens (primary N) is 1. The molecule has 6 nitrogen and oxygen atoms in total. The molecule has 1 aromatic heterocycles. The van der Waals surface area contributed by atoms with Crippen molar-refractivity contribution in [3.8, 4) is 5.75 Å². The quantitative estimate of drug-likeness (QED) is 0.567. The number of methoxy groups -OCH3 is 2. The maximum atomic E-state index is 5.72. The Bertz CT molecular complexity index is 353. The van der Waals surface area contributed by atoms with Crippen LogP contribution in [0.15, 0.2) is 6.20 Å². The molecule has 0 aliphatic heterocycles. The molecule has 0 aliphatic carbocycles. The molecular formula is C12H24N4O2. The van der Waals surface area contributed by atoms with Crippen LogP contribution in [-0.4, -0.2) is 29.6 Å². The first-order valence-electron chi connectivity index (χ1n) is 6.18. The Kier molecular flexibility index (Phi) is 5.13. The monoisotopic (exact) mass is 256 g/mol. The van der Waals surface area contributed by atoms with Gasteiger partial charge in [0.2, 0.25) is 0 Å². The smallest absolute Gasteiger partial charge is 0.161 e. The number of rotatable bonds is 7. The molecule has 0 amide bonds. The molecule has 0 saturated heterocycles. The van der Waals surface area contributed by atoms with E-state index in [1.54, 1.807) is 20.4 Å². The lowest BCUT2D eigenvalue weighted by Crippen LogP contribution is -2.46. The van der Waals surface area contributed by atoms with E-state index in [1.807, 2.05) is 18.5 Å². The van der Waals surface area contributed by atoms with Crippen LogP contribution in [0.5, 0.6) is 5.75 Å². The maximum absolute atomic E-state index is 5.72. The summed E-state index contributed by atoms with van der Waals surface area (Å²) in [5, 5.41) is 4.30. The first-order chi connectivity index (χ1) is 8.57. The summed E-state index contributed by atoms with van der Waals surface area (Å²) in [6, 6.07) is -0.190. The SMILES string of the molecule is CCn1ncc(OC)c1C(NN)C(C)(CC)OC. The molecule has 1 heterocycles. The van der Waals surface area contributed by atoms with Crippen molar-refractivity contribution in [3.63, 3.8) is 0 Å². The molecule has 2 atom stereocenters. The van der Waals surface area contributed by atoms with E-state index in [1.165, 1.54) is 0 Å². The van der Waals surface area contributed by atoms with Crippen LogP contribution < -0.4 is 16.0 Å². The highest BCUT2D eigenvalue weighted by Gasteiger charge is 2.37. The second-order valence-corrected chi connectivity index (χ2v) is 4.38.